The smallest absolute Gasteiger partial charge is 0.299 e. The van der Waals surface area contributed by atoms with E-state index in [1.165, 1.54) is 11.1 Å². The first kappa shape index (κ1) is 18.4. The molecule has 3 aliphatic heterocycles. The van der Waals surface area contributed by atoms with E-state index in [-0.39, 0.29) is 11.5 Å². The topological polar surface area (TPSA) is 51.1 Å². The van der Waals surface area contributed by atoms with Crippen LogP contribution in [0.3, 0.4) is 0 Å². The summed E-state index contributed by atoms with van der Waals surface area (Å²) in [7, 11) is 0. The minimum absolute atomic E-state index is 0.202. The van der Waals surface area contributed by atoms with E-state index in [1.807, 2.05) is 38.1 Å². The van der Waals surface area contributed by atoms with Crippen LogP contribution in [-0.2, 0) is 32.1 Å². The average molecular weight is 390 g/mol. The van der Waals surface area contributed by atoms with Crippen LogP contribution in [0, 0.1) is 6.92 Å². The Morgan fingerprint density at radius 3 is 2.45 bits per heavy atom. The third kappa shape index (κ3) is 2.71. The molecule has 0 aliphatic carbocycles. The van der Waals surface area contributed by atoms with E-state index >= 15 is 0 Å². The Kier molecular flexibility index (Phi) is 4.24. The van der Waals surface area contributed by atoms with Crippen molar-refractivity contribution in [2.75, 3.05) is 13.1 Å². The third-order valence-electron chi connectivity index (χ3n) is 6.74. The van der Waals surface area contributed by atoms with Crippen molar-refractivity contribution in [3.8, 4) is 0 Å². The number of benzene rings is 2. The van der Waals surface area contributed by atoms with Crippen LogP contribution in [0.2, 0.25) is 0 Å². The van der Waals surface area contributed by atoms with Gasteiger partial charge >= 0.3 is 0 Å². The minimum atomic E-state index is -1.01. The maximum Gasteiger partial charge on any atom is 0.299 e. The number of nitrogens with zero attached hydrogens (tertiary/aromatic N) is 2. The minimum Gasteiger partial charge on any atom is -0.443 e. The number of amides is 1. The van der Waals surface area contributed by atoms with Gasteiger partial charge in [-0.2, -0.15) is 4.99 Å². The van der Waals surface area contributed by atoms with Crippen molar-refractivity contribution in [2.45, 2.75) is 50.9 Å². The number of rotatable bonds is 2. The second-order valence-electron chi connectivity index (χ2n) is 8.22. The standard InChI is InChI=1S/C24H26N2O3/c1-3-24(19-10-6-4-8-17(19)2)21(27)25-22(29-24)26-14-12-23(13-15-26)20-11-7-5-9-18(20)16-28-23/h4-11H,3,12-16H2,1-2H3. The van der Waals surface area contributed by atoms with Crippen LogP contribution in [0.5, 0.6) is 0 Å². The molecule has 0 aromatic heterocycles. The van der Waals surface area contributed by atoms with E-state index in [2.05, 4.69) is 34.2 Å². The van der Waals surface area contributed by atoms with Crippen molar-refractivity contribution in [1.82, 2.24) is 4.90 Å². The Morgan fingerprint density at radius 1 is 1.03 bits per heavy atom. The number of aliphatic imine (C=N–C) groups is 1. The molecule has 0 N–H and O–H groups in total. The molecule has 5 nitrogen and oxygen atoms in total. The number of aryl methyl sites for hydroxylation is 1. The second kappa shape index (κ2) is 6.70. The molecular weight excluding hydrogens is 364 g/mol. The molecule has 1 atom stereocenters. The van der Waals surface area contributed by atoms with Crippen LogP contribution in [0.1, 0.15) is 48.4 Å². The molecule has 1 amide bonds. The molecule has 1 fully saturated rings. The molecule has 150 valence electrons. The molecule has 1 unspecified atom stereocenters. The van der Waals surface area contributed by atoms with Crippen molar-refractivity contribution in [3.63, 3.8) is 0 Å². The number of hydrogen-bond acceptors (Lipinski definition) is 4. The molecule has 2 aromatic rings. The van der Waals surface area contributed by atoms with Gasteiger partial charge in [0.05, 0.1) is 12.2 Å². The largest absolute Gasteiger partial charge is 0.443 e. The molecule has 2 aromatic carbocycles. The van der Waals surface area contributed by atoms with Gasteiger partial charge in [-0.15, -0.1) is 0 Å². The Hall–Kier alpha value is -2.66. The number of hydrogen-bond donors (Lipinski definition) is 0. The molecule has 0 bridgehead atoms. The van der Waals surface area contributed by atoms with Crippen LogP contribution in [0.25, 0.3) is 0 Å². The summed E-state index contributed by atoms with van der Waals surface area (Å²) in [6.07, 6.45) is 2.28. The summed E-state index contributed by atoms with van der Waals surface area (Å²) >= 11 is 0. The Morgan fingerprint density at radius 2 is 1.72 bits per heavy atom. The number of fused-ring (bicyclic) bond motifs is 2. The lowest BCUT2D eigenvalue weighted by Gasteiger charge is -2.40. The summed E-state index contributed by atoms with van der Waals surface area (Å²) in [5, 5.41) is 0. The Balaban J connectivity index is 1.36. The van der Waals surface area contributed by atoms with Crippen LogP contribution in [0.15, 0.2) is 53.5 Å². The first-order valence-electron chi connectivity index (χ1n) is 10.4. The second-order valence-corrected chi connectivity index (χ2v) is 8.22. The van der Waals surface area contributed by atoms with Crippen LogP contribution >= 0.6 is 0 Å². The van der Waals surface area contributed by atoms with E-state index in [9.17, 15) is 4.79 Å². The summed E-state index contributed by atoms with van der Waals surface area (Å²) in [4.78, 5) is 19.4. The van der Waals surface area contributed by atoms with Crippen molar-refractivity contribution in [2.24, 2.45) is 4.99 Å². The van der Waals surface area contributed by atoms with Gasteiger partial charge in [-0.25, -0.2) is 0 Å². The molecular formula is C24H26N2O3. The molecule has 3 heterocycles. The molecule has 3 aliphatic rings. The molecule has 0 saturated carbocycles. The average Bonchev–Trinajstić information content (AvgIpc) is 3.28. The predicted octanol–water partition coefficient (Wildman–Crippen LogP) is 4.03. The number of carbonyl (C=O) groups excluding carboxylic acids is 1. The van der Waals surface area contributed by atoms with E-state index in [4.69, 9.17) is 9.47 Å². The van der Waals surface area contributed by atoms with Gasteiger partial charge < -0.3 is 14.4 Å². The van der Waals surface area contributed by atoms with Gasteiger partial charge in [-0.3, -0.25) is 4.79 Å². The van der Waals surface area contributed by atoms with Crippen LogP contribution in [0.4, 0.5) is 0 Å². The van der Waals surface area contributed by atoms with Gasteiger partial charge in [0.15, 0.2) is 0 Å². The Labute approximate surface area is 171 Å². The lowest BCUT2D eigenvalue weighted by atomic mass is 9.84. The van der Waals surface area contributed by atoms with Crippen molar-refractivity contribution in [3.05, 3.63) is 70.8 Å². The lowest BCUT2D eigenvalue weighted by molar-refractivity contribution is -0.132. The van der Waals surface area contributed by atoms with E-state index in [1.54, 1.807) is 0 Å². The maximum atomic E-state index is 13.0. The fraction of sp³-hybridized carbons (Fsp3) is 0.417. The highest BCUT2D eigenvalue weighted by molar-refractivity contribution is 6.02. The third-order valence-corrected chi connectivity index (χ3v) is 6.74. The normalized spacial score (nSPS) is 25.1. The van der Waals surface area contributed by atoms with E-state index < -0.39 is 5.60 Å². The number of likely N-dealkylation sites (tertiary alicyclic amines) is 1. The maximum absolute atomic E-state index is 13.0. The van der Waals surface area contributed by atoms with Crippen LogP contribution < -0.4 is 0 Å². The summed E-state index contributed by atoms with van der Waals surface area (Å²) in [6.45, 7) is 6.19. The zero-order valence-electron chi connectivity index (χ0n) is 17.0. The SMILES string of the molecule is CCC1(c2ccccc2C)OC(N2CCC3(CC2)OCc2ccccc23)=NC1=O. The zero-order chi connectivity index (χ0) is 20.1. The van der Waals surface area contributed by atoms with Gasteiger partial charge in [0, 0.05) is 18.7 Å². The molecule has 0 radical (unpaired) electrons. The summed E-state index contributed by atoms with van der Waals surface area (Å²) in [5.74, 6) is -0.202. The van der Waals surface area contributed by atoms with Gasteiger partial charge in [0.2, 0.25) is 5.60 Å². The molecule has 5 rings (SSSR count). The zero-order valence-corrected chi connectivity index (χ0v) is 17.0. The van der Waals surface area contributed by atoms with Crippen molar-refractivity contribution in [1.29, 1.82) is 0 Å². The van der Waals surface area contributed by atoms with Gasteiger partial charge in [-0.05, 0) is 42.9 Å². The van der Waals surface area contributed by atoms with Gasteiger partial charge in [-0.1, -0.05) is 55.5 Å². The highest BCUT2D eigenvalue weighted by atomic mass is 16.5. The summed E-state index contributed by atoms with van der Waals surface area (Å²) in [6, 6.07) is 16.9. The number of amidine groups is 1. The number of carbonyl (C=O) groups is 1. The lowest BCUT2D eigenvalue weighted by Crippen LogP contribution is -2.46. The molecule has 5 heteroatoms. The van der Waals surface area contributed by atoms with Gasteiger partial charge in [0.1, 0.15) is 0 Å². The van der Waals surface area contributed by atoms with Crippen molar-refractivity contribution < 1.29 is 14.3 Å². The predicted molar refractivity (Wildman–Crippen MR) is 110 cm³/mol. The highest BCUT2D eigenvalue weighted by Gasteiger charge is 2.50. The summed E-state index contributed by atoms with van der Waals surface area (Å²) < 4.78 is 12.6. The first-order valence-corrected chi connectivity index (χ1v) is 10.4. The first-order chi connectivity index (χ1) is 14.1. The van der Waals surface area contributed by atoms with E-state index in [0.717, 1.165) is 37.1 Å². The monoisotopic (exact) mass is 390 g/mol. The van der Waals surface area contributed by atoms with Crippen molar-refractivity contribution >= 4 is 11.9 Å². The summed E-state index contributed by atoms with van der Waals surface area (Å²) in [5.41, 5.74) is 3.34. The number of ether oxygens (including phenoxy) is 2. The van der Waals surface area contributed by atoms with Gasteiger partial charge in [0.25, 0.3) is 11.9 Å². The van der Waals surface area contributed by atoms with E-state index in [0.29, 0.717) is 19.0 Å². The fourth-order valence-electron chi connectivity index (χ4n) is 5.00. The van der Waals surface area contributed by atoms with Crippen LogP contribution in [-0.4, -0.2) is 29.9 Å². The quantitative estimate of drug-likeness (QED) is 0.777. The fourth-order valence-corrected chi connectivity index (χ4v) is 5.00. The Bertz CT molecular complexity index is 991. The molecule has 1 saturated heterocycles. The number of piperidine rings is 1. The highest BCUT2D eigenvalue weighted by Crippen LogP contribution is 2.45. The molecule has 29 heavy (non-hydrogen) atoms. The molecule has 1 spiro atoms.